The van der Waals surface area contributed by atoms with Crippen molar-refractivity contribution in [2.75, 3.05) is 43.1 Å². The van der Waals surface area contributed by atoms with Crippen LogP contribution in [0.25, 0.3) is 0 Å². The van der Waals surface area contributed by atoms with Crippen molar-refractivity contribution in [3.05, 3.63) is 47.1 Å². The number of hydrogen-bond donors (Lipinski definition) is 2. The Hall–Kier alpha value is -1.96. The van der Waals surface area contributed by atoms with Crippen molar-refractivity contribution in [1.29, 1.82) is 0 Å². The van der Waals surface area contributed by atoms with Crippen molar-refractivity contribution in [2.24, 2.45) is 11.8 Å². The van der Waals surface area contributed by atoms with Gasteiger partial charge < -0.3 is 20.3 Å². The van der Waals surface area contributed by atoms with Crippen LogP contribution in [0.5, 0.6) is 0 Å². The number of anilines is 2. The summed E-state index contributed by atoms with van der Waals surface area (Å²) in [5.41, 5.74) is 1.30. The highest BCUT2D eigenvalue weighted by molar-refractivity contribution is 7.80. The molecule has 6 nitrogen and oxygen atoms in total. The van der Waals surface area contributed by atoms with Gasteiger partial charge in [0.05, 0.1) is 0 Å². The quantitative estimate of drug-likeness (QED) is 0.484. The van der Waals surface area contributed by atoms with Gasteiger partial charge in [0.2, 0.25) is 5.95 Å². The van der Waals surface area contributed by atoms with Crippen molar-refractivity contribution < 1.29 is 4.74 Å². The van der Waals surface area contributed by atoms with Gasteiger partial charge in [0.25, 0.3) is 0 Å². The molecule has 1 aromatic heterocycles. The maximum atomic E-state index is 6.33. The average Bonchev–Trinajstić information content (AvgIpc) is 2.78. The molecule has 2 atom stereocenters. The summed E-state index contributed by atoms with van der Waals surface area (Å²) in [6.07, 6.45) is 3.15. The minimum atomic E-state index is -0.00826. The van der Waals surface area contributed by atoms with E-state index in [1.807, 2.05) is 12.1 Å². The standard InChI is InChI=1S/C24H32ClN5OS/c1-17-12-18(2)15-30(14-17)21-13-20(25)27-22(28-21)29-23(32)26-16-24(8-10-31-11-9-24)19-6-4-3-5-7-19/h3-7,13,17-18H,8-12,14-16H2,1-2H3,(H2,26,27,28,29,32)/t17-,18-/m0/s1. The molecular weight excluding hydrogens is 442 g/mol. The molecule has 0 amide bonds. The molecule has 0 aliphatic carbocycles. The van der Waals surface area contributed by atoms with Crippen LogP contribution in [-0.4, -0.2) is 47.9 Å². The summed E-state index contributed by atoms with van der Waals surface area (Å²) in [5, 5.41) is 7.46. The van der Waals surface area contributed by atoms with E-state index in [1.54, 1.807) is 0 Å². The zero-order valence-electron chi connectivity index (χ0n) is 18.8. The molecule has 1 aromatic carbocycles. The third-order valence-corrected chi connectivity index (χ3v) is 6.96. The molecule has 32 heavy (non-hydrogen) atoms. The van der Waals surface area contributed by atoms with Crippen LogP contribution in [0.2, 0.25) is 5.15 Å². The highest BCUT2D eigenvalue weighted by Gasteiger charge is 2.34. The predicted octanol–water partition coefficient (Wildman–Crippen LogP) is 4.65. The van der Waals surface area contributed by atoms with Gasteiger partial charge >= 0.3 is 0 Å². The van der Waals surface area contributed by atoms with Crippen LogP contribution in [0, 0.1) is 11.8 Å². The van der Waals surface area contributed by atoms with Gasteiger partial charge in [-0.15, -0.1) is 0 Å². The second-order valence-electron chi connectivity index (χ2n) is 9.29. The fourth-order valence-corrected chi connectivity index (χ4v) is 5.33. The van der Waals surface area contributed by atoms with E-state index in [4.69, 9.17) is 33.5 Å². The minimum absolute atomic E-state index is 0.00826. The van der Waals surface area contributed by atoms with E-state index in [9.17, 15) is 0 Å². The number of ether oxygens (including phenoxy) is 1. The molecule has 8 heteroatoms. The second kappa shape index (κ2) is 10.3. The normalized spacial score (nSPS) is 22.9. The maximum absolute atomic E-state index is 6.33. The third kappa shape index (κ3) is 5.69. The zero-order chi connectivity index (χ0) is 22.6. The van der Waals surface area contributed by atoms with Crippen LogP contribution in [0.15, 0.2) is 36.4 Å². The topological polar surface area (TPSA) is 62.3 Å². The first-order chi connectivity index (χ1) is 15.4. The molecule has 2 saturated heterocycles. The number of piperidine rings is 1. The fraction of sp³-hybridized carbons (Fsp3) is 0.542. The van der Waals surface area contributed by atoms with Gasteiger partial charge in [0, 0.05) is 44.3 Å². The Bertz CT molecular complexity index is 912. The van der Waals surface area contributed by atoms with Crippen molar-refractivity contribution in [1.82, 2.24) is 15.3 Å². The predicted molar refractivity (Wildman–Crippen MR) is 135 cm³/mol. The second-order valence-corrected chi connectivity index (χ2v) is 10.1. The molecule has 2 aliphatic rings. The first-order valence-corrected chi connectivity index (χ1v) is 12.2. The molecule has 4 rings (SSSR count). The fourth-order valence-electron chi connectivity index (χ4n) is 4.99. The summed E-state index contributed by atoms with van der Waals surface area (Å²) in [6.45, 7) is 8.74. The Kier molecular flexibility index (Phi) is 7.48. The number of benzene rings is 1. The van der Waals surface area contributed by atoms with Crippen molar-refractivity contribution in [3.8, 4) is 0 Å². The lowest BCUT2D eigenvalue weighted by Crippen LogP contribution is -2.45. The van der Waals surface area contributed by atoms with Crippen LogP contribution in [0.3, 0.4) is 0 Å². The molecule has 2 aromatic rings. The van der Waals surface area contributed by atoms with E-state index >= 15 is 0 Å². The van der Waals surface area contributed by atoms with E-state index in [0.717, 1.165) is 51.5 Å². The monoisotopic (exact) mass is 473 g/mol. The maximum Gasteiger partial charge on any atom is 0.232 e. The Morgan fingerprint density at radius 2 is 1.84 bits per heavy atom. The molecule has 2 N–H and O–H groups in total. The molecule has 2 aliphatic heterocycles. The molecule has 3 heterocycles. The lowest BCUT2D eigenvalue weighted by molar-refractivity contribution is 0.0515. The highest BCUT2D eigenvalue weighted by Crippen LogP contribution is 2.34. The van der Waals surface area contributed by atoms with Crippen LogP contribution < -0.4 is 15.5 Å². The highest BCUT2D eigenvalue weighted by atomic mass is 35.5. The van der Waals surface area contributed by atoms with Crippen LogP contribution in [-0.2, 0) is 10.2 Å². The Morgan fingerprint density at radius 3 is 2.53 bits per heavy atom. The number of nitrogens with zero attached hydrogens (tertiary/aromatic N) is 3. The number of halogens is 1. The first kappa shape index (κ1) is 23.2. The summed E-state index contributed by atoms with van der Waals surface area (Å²) < 4.78 is 5.63. The van der Waals surface area contributed by atoms with Crippen molar-refractivity contribution in [2.45, 2.75) is 38.5 Å². The number of aromatic nitrogens is 2. The van der Waals surface area contributed by atoms with Gasteiger partial charge in [-0.1, -0.05) is 55.8 Å². The first-order valence-electron chi connectivity index (χ1n) is 11.4. The van der Waals surface area contributed by atoms with E-state index in [2.05, 4.69) is 58.6 Å². The van der Waals surface area contributed by atoms with Gasteiger partial charge in [0.1, 0.15) is 11.0 Å². The Labute approximate surface area is 201 Å². The molecule has 0 unspecified atom stereocenters. The third-order valence-electron chi connectivity index (χ3n) is 6.52. The summed E-state index contributed by atoms with van der Waals surface area (Å²) >= 11 is 11.9. The Morgan fingerprint density at radius 1 is 1.16 bits per heavy atom. The number of nitrogens with one attached hydrogen (secondary N) is 2. The lowest BCUT2D eigenvalue weighted by atomic mass is 9.74. The van der Waals surface area contributed by atoms with Crippen molar-refractivity contribution >= 4 is 40.7 Å². The van der Waals surface area contributed by atoms with Crippen LogP contribution in [0.4, 0.5) is 11.8 Å². The number of thiocarbonyl (C=S) groups is 1. The molecular formula is C24H32ClN5OS. The van der Waals surface area contributed by atoms with Crippen molar-refractivity contribution in [3.63, 3.8) is 0 Å². The van der Waals surface area contributed by atoms with Crippen LogP contribution >= 0.6 is 23.8 Å². The summed E-state index contributed by atoms with van der Waals surface area (Å²) in [4.78, 5) is 11.3. The van der Waals surface area contributed by atoms with E-state index in [-0.39, 0.29) is 5.41 Å². The molecule has 172 valence electrons. The van der Waals surface area contributed by atoms with E-state index < -0.39 is 0 Å². The summed E-state index contributed by atoms with van der Waals surface area (Å²) in [5.74, 6) is 2.52. The number of rotatable bonds is 5. The van der Waals surface area contributed by atoms with Gasteiger partial charge in [0.15, 0.2) is 5.11 Å². The van der Waals surface area contributed by atoms with Crippen LogP contribution in [0.1, 0.15) is 38.7 Å². The van der Waals surface area contributed by atoms with E-state index in [0.29, 0.717) is 28.0 Å². The summed E-state index contributed by atoms with van der Waals surface area (Å²) in [7, 11) is 0. The SMILES string of the molecule is C[C@H]1C[C@H](C)CN(c2cc(Cl)nc(NC(=S)NCC3(c4ccccc4)CCOCC3)n2)C1. The molecule has 0 bridgehead atoms. The largest absolute Gasteiger partial charge is 0.381 e. The molecule has 0 radical (unpaired) electrons. The van der Waals surface area contributed by atoms with Gasteiger partial charge in [-0.2, -0.15) is 4.98 Å². The Balaban J connectivity index is 1.43. The van der Waals surface area contributed by atoms with Gasteiger partial charge in [-0.05, 0) is 48.9 Å². The minimum Gasteiger partial charge on any atom is -0.381 e. The smallest absolute Gasteiger partial charge is 0.232 e. The average molecular weight is 474 g/mol. The van der Waals surface area contributed by atoms with E-state index in [1.165, 1.54) is 12.0 Å². The van der Waals surface area contributed by atoms with Gasteiger partial charge in [-0.25, -0.2) is 4.98 Å². The number of hydrogen-bond acceptors (Lipinski definition) is 5. The lowest BCUT2D eigenvalue weighted by Gasteiger charge is -2.38. The molecule has 2 fully saturated rings. The molecule has 0 spiro atoms. The summed E-state index contributed by atoms with van der Waals surface area (Å²) in [6, 6.07) is 12.4. The zero-order valence-corrected chi connectivity index (χ0v) is 20.4. The van der Waals surface area contributed by atoms with Gasteiger partial charge in [-0.3, -0.25) is 0 Å². The molecule has 0 saturated carbocycles.